The van der Waals surface area contributed by atoms with Crippen molar-refractivity contribution in [3.05, 3.63) is 29.6 Å². The Kier molecular flexibility index (Phi) is 2.32. The van der Waals surface area contributed by atoms with Crippen LogP contribution in [0.15, 0.2) is 18.2 Å². The number of rotatable bonds is 1. The molecule has 1 aliphatic heterocycles. The summed E-state index contributed by atoms with van der Waals surface area (Å²) in [6.07, 6.45) is 0. The lowest BCUT2D eigenvalue weighted by molar-refractivity contribution is -0.232. The van der Waals surface area contributed by atoms with Crippen LogP contribution in [0.3, 0.4) is 0 Å². The number of anilines is 1. The van der Waals surface area contributed by atoms with E-state index in [4.69, 9.17) is 0 Å². The number of halogens is 1. The maximum absolute atomic E-state index is 13.0. The van der Waals surface area contributed by atoms with Gasteiger partial charge in [-0.2, -0.15) is 0 Å². The molecule has 6 heteroatoms. The zero-order valence-corrected chi connectivity index (χ0v) is 8.57. The maximum atomic E-state index is 13.0. The molecule has 1 heterocycles. The van der Waals surface area contributed by atoms with Crippen molar-refractivity contribution in [3.63, 3.8) is 0 Å². The smallest absolute Gasteiger partial charge is 0.326 e. The number of nitrogens with one attached hydrogen (secondary N) is 1. The van der Waals surface area contributed by atoms with E-state index in [1.54, 1.807) is 0 Å². The molecule has 0 aliphatic carbocycles. The highest BCUT2D eigenvalue weighted by molar-refractivity contribution is 5.92. The second kappa shape index (κ2) is 3.43. The number of amides is 2. The topological polar surface area (TPSA) is 72.8 Å². The van der Waals surface area contributed by atoms with Crippen LogP contribution in [0.5, 0.6) is 0 Å². The van der Waals surface area contributed by atoms with Gasteiger partial charge in [-0.25, -0.2) is 9.18 Å². The number of fused-ring (bicyclic) bond motifs is 1. The third kappa shape index (κ3) is 1.84. The summed E-state index contributed by atoms with van der Waals surface area (Å²) in [4.78, 5) is 12.3. The zero-order chi connectivity index (χ0) is 11.9. The second-order valence-electron chi connectivity index (χ2n) is 3.79. The van der Waals surface area contributed by atoms with Gasteiger partial charge < -0.3 is 15.5 Å². The van der Waals surface area contributed by atoms with Gasteiger partial charge in [0.05, 0.1) is 6.54 Å². The molecule has 0 radical (unpaired) electrons. The van der Waals surface area contributed by atoms with Gasteiger partial charge in [0.2, 0.25) is 5.91 Å². The van der Waals surface area contributed by atoms with Crippen LogP contribution in [0, 0.1) is 5.82 Å². The highest BCUT2D eigenvalue weighted by Gasteiger charge is 2.34. The van der Waals surface area contributed by atoms with Crippen molar-refractivity contribution in [2.45, 2.75) is 19.4 Å². The molecule has 0 unspecified atom stereocenters. The molecular weight excluding hydrogens is 215 g/mol. The van der Waals surface area contributed by atoms with E-state index in [9.17, 15) is 19.4 Å². The van der Waals surface area contributed by atoms with Gasteiger partial charge in [0.25, 0.3) is 0 Å². The van der Waals surface area contributed by atoms with Gasteiger partial charge >= 0.3 is 6.03 Å². The van der Waals surface area contributed by atoms with Crippen LogP contribution in [0.25, 0.3) is 0 Å². The predicted molar refractivity (Wildman–Crippen MR) is 53.8 cm³/mol. The first-order valence-electron chi connectivity index (χ1n) is 4.70. The van der Waals surface area contributed by atoms with Crippen LogP contribution < -0.4 is 5.32 Å². The summed E-state index contributed by atoms with van der Waals surface area (Å²) >= 11 is 0. The molecule has 2 rings (SSSR count). The Morgan fingerprint density at radius 1 is 1.50 bits per heavy atom. The molecular formula is C10H11FN2O3. The largest absolute Gasteiger partial charge is 0.349 e. The summed E-state index contributed by atoms with van der Waals surface area (Å²) in [6, 6.07) is 3.28. The van der Waals surface area contributed by atoms with Crippen LogP contribution in [-0.2, 0) is 6.54 Å². The van der Waals surface area contributed by atoms with E-state index in [2.05, 4.69) is 5.32 Å². The Bertz CT molecular complexity index is 442. The molecule has 1 aromatic rings. The summed E-state index contributed by atoms with van der Waals surface area (Å²) < 4.78 is 13.0. The zero-order valence-electron chi connectivity index (χ0n) is 8.57. The summed E-state index contributed by atoms with van der Waals surface area (Å²) in [5, 5.41) is 21.1. The summed E-state index contributed by atoms with van der Waals surface area (Å²) in [6.45, 7) is 1.01. The molecule has 0 saturated carbocycles. The van der Waals surface area contributed by atoms with E-state index in [0.29, 0.717) is 11.3 Å². The van der Waals surface area contributed by atoms with Crippen molar-refractivity contribution in [2.24, 2.45) is 0 Å². The molecule has 2 amide bonds. The van der Waals surface area contributed by atoms with Crippen molar-refractivity contribution >= 4 is 11.7 Å². The number of nitrogens with zero attached hydrogens (tertiary/aromatic N) is 1. The quantitative estimate of drug-likeness (QED) is 0.621. The minimum absolute atomic E-state index is 0.0531. The molecule has 0 aromatic heterocycles. The van der Waals surface area contributed by atoms with E-state index >= 15 is 0 Å². The molecule has 0 bridgehead atoms. The number of carbonyl (C=O) groups excluding carboxylic acids is 1. The van der Waals surface area contributed by atoms with Crippen LogP contribution in [0.4, 0.5) is 14.9 Å². The van der Waals surface area contributed by atoms with Crippen molar-refractivity contribution in [3.8, 4) is 0 Å². The highest BCUT2D eigenvalue weighted by Crippen LogP contribution is 2.26. The molecule has 0 spiro atoms. The monoisotopic (exact) mass is 226 g/mol. The van der Waals surface area contributed by atoms with Gasteiger partial charge in [-0.1, -0.05) is 0 Å². The Hall–Kier alpha value is -1.66. The van der Waals surface area contributed by atoms with Gasteiger partial charge in [0, 0.05) is 12.6 Å². The standard InChI is InChI=1S/C10H11FN2O3/c1-10(15,16)13-5-6-4-7(11)2-3-8(6)12-9(13)14/h2-4,15-16H,5H2,1H3,(H,12,14). The minimum Gasteiger partial charge on any atom is -0.349 e. The van der Waals surface area contributed by atoms with Crippen molar-refractivity contribution in [1.29, 1.82) is 0 Å². The summed E-state index contributed by atoms with van der Waals surface area (Å²) in [7, 11) is 0. The molecule has 3 N–H and O–H groups in total. The average molecular weight is 226 g/mol. The first kappa shape index (κ1) is 10.8. The van der Waals surface area contributed by atoms with Crippen molar-refractivity contribution in [1.82, 2.24) is 4.90 Å². The molecule has 86 valence electrons. The molecule has 1 aliphatic rings. The first-order valence-corrected chi connectivity index (χ1v) is 4.70. The lowest BCUT2D eigenvalue weighted by Crippen LogP contribution is -2.52. The van der Waals surface area contributed by atoms with Crippen molar-refractivity contribution in [2.75, 3.05) is 5.32 Å². The van der Waals surface area contributed by atoms with Gasteiger partial charge in [0.15, 0.2) is 0 Å². The minimum atomic E-state index is -2.27. The van der Waals surface area contributed by atoms with Crippen LogP contribution in [0.1, 0.15) is 12.5 Å². The van der Waals surface area contributed by atoms with E-state index < -0.39 is 17.8 Å². The molecule has 0 fully saturated rings. The second-order valence-corrected chi connectivity index (χ2v) is 3.79. The molecule has 16 heavy (non-hydrogen) atoms. The number of carbonyl (C=O) groups is 1. The van der Waals surface area contributed by atoms with E-state index in [-0.39, 0.29) is 6.54 Å². The fourth-order valence-corrected chi connectivity index (χ4v) is 1.58. The highest BCUT2D eigenvalue weighted by atomic mass is 19.1. The van der Waals surface area contributed by atoms with E-state index in [1.807, 2.05) is 0 Å². The van der Waals surface area contributed by atoms with Crippen LogP contribution >= 0.6 is 0 Å². The van der Waals surface area contributed by atoms with Crippen molar-refractivity contribution < 1.29 is 19.4 Å². The average Bonchev–Trinajstić information content (AvgIpc) is 2.16. The Morgan fingerprint density at radius 2 is 2.19 bits per heavy atom. The lowest BCUT2D eigenvalue weighted by atomic mass is 10.1. The number of benzene rings is 1. The van der Waals surface area contributed by atoms with Gasteiger partial charge in [0.1, 0.15) is 5.82 Å². The number of hydrogen-bond donors (Lipinski definition) is 3. The van der Waals surface area contributed by atoms with Gasteiger partial charge in [-0.15, -0.1) is 0 Å². The normalized spacial score (nSPS) is 15.8. The predicted octanol–water partition coefficient (Wildman–Crippen LogP) is 0.831. The Morgan fingerprint density at radius 3 is 2.81 bits per heavy atom. The van der Waals surface area contributed by atoms with E-state index in [1.165, 1.54) is 18.2 Å². The van der Waals surface area contributed by atoms with Gasteiger partial charge in [-0.3, -0.25) is 4.90 Å². The number of hydrogen-bond acceptors (Lipinski definition) is 3. The van der Waals surface area contributed by atoms with Crippen LogP contribution in [-0.4, -0.2) is 27.1 Å². The molecule has 5 nitrogen and oxygen atoms in total. The van der Waals surface area contributed by atoms with Gasteiger partial charge in [-0.05, 0) is 23.8 Å². The van der Waals surface area contributed by atoms with E-state index in [0.717, 1.165) is 11.8 Å². The molecule has 0 saturated heterocycles. The number of urea groups is 1. The summed E-state index contributed by atoms with van der Waals surface area (Å²) in [5.41, 5.74) is 0.973. The lowest BCUT2D eigenvalue weighted by Gasteiger charge is -2.36. The Labute approximate surface area is 91.1 Å². The SMILES string of the molecule is CC(O)(O)N1Cc2cc(F)ccc2NC1=O. The van der Waals surface area contributed by atoms with Crippen LogP contribution in [0.2, 0.25) is 0 Å². The first-order chi connectivity index (χ1) is 7.38. The number of aliphatic hydroxyl groups is 2. The fourth-order valence-electron chi connectivity index (χ4n) is 1.58. The third-order valence-electron chi connectivity index (χ3n) is 2.39. The maximum Gasteiger partial charge on any atom is 0.326 e. The molecule has 0 atom stereocenters. The fraction of sp³-hybridized carbons (Fsp3) is 0.300. The molecule has 1 aromatic carbocycles. The summed E-state index contributed by atoms with van der Waals surface area (Å²) in [5.74, 6) is -2.71. The third-order valence-corrected chi connectivity index (χ3v) is 2.39. The Balaban J connectivity index is 2.37.